The molecule has 1 spiro atoms. The Morgan fingerprint density at radius 2 is 1.93 bits per heavy atom. The lowest BCUT2D eigenvalue weighted by Gasteiger charge is -2.21. The predicted octanol–water partition coefficient (Wildman–Crippen LogP) is 3.27. The quantitative estimate of drug-likeness (QED) is 0.802. The van der Waals surface area contributed by atoms with Crippen LogP contribution in [0.4, 0.5) is 18.0 Å². The standard InChI is InChI=1S/C21H18F3NO5/c22-21(23,24)14-5-3-6-16(10-14)29-12-15(26)11-25-18(27)20(30-19(25)28)9-8-13-4-1-2-7-17(13)20/h1-7,10,15,26H,8-9,11-12H2/t15-,20-/m0/s1. The number of amides is 2. The molecule has 0 saturated carbocycles. The molecule has 1 fully saturated rings. The van der Waals surface area contributed by atoms with Crippen LogP contribution < -0.4 is 4.74 Å². The van der Waals surface area contributed by atoms with Gasteiger partial charge >= 0.3 is 12.3 Å². The van der Waals surface area contributed by atoms with Crippen LogP contribution in [-0.4, -0.2) is 41.3 Å². The largest absolute Gasteiger partial charge is 0.491 e. The summed E-state index contributed by atoms with van der Waals surface area (Å²) in [5.74, 6) is -0.643. The van der Waals surface area contributed by atoms with Crippen LogP contribution >= 0.6 is 0 Å². The molecule has 4 rings (SSSR count). The number of aliphatic hydroxyl groups is 1. The number of hydrogen-bond acceptors (Lipinski definition) is 5. The molecule has 2 aromatic rings. The molecule has 1 heterocycles. The Morgan fingerprint density at radius 3 is 2.70 bits per heavy atom. The number of rotatable bonds is 5. The average Bonchev–Trinajstić information content (AvgIpc) is 3.19. The van der Waals surface area contributed by atoms with E-state index in [1.165, 1.54) is 12.1 Å². The molecule has 30 heavy (non-hydrogen) atoms. The summed E-state index contributed by atoms with van der Waals surface area (Å²) >= 11 is 0. The van der Waals surface area contributed by atoms with Gasteiger partial charge < -0.3 is 14.6 Å². The number of halogens is 3. The van der Waals surface area contributed by atoms with Crippen LogP contribution in [0.3, 0.4) is 0 Å². The number of imide groups is 1. The van der Waals surface area contributed by atoms with Gasteiger partial charge in [-0.3, -0.25) is 4.79 Å². The van der Waals surface area contributed by atoms with Crippen molar-refractivity contribution in [3.8, 4) is 5.75 Å². The smallest absolute Gasteiger partial charge is 0.418 e. The van der Waals surface area contributed by atoms with Crippen molar-refractivity contribution in [1.29, 1.82) is 0 Å². The number of nitrogens with zero attached hydrogens (tertiary/aromatic N) is 1. The topological polar surface area (TPSA) is 76.1 Å². The summed E-state index contributed by atoms with van der Waals surface area (Å²) in [7, 11) is 0. The summed E-state index contributed by atoms with van der Waals surface area (Å²) in [4.78, 5) is 26.1. The van der Waals surface area contributed by atoms with E-state index in [4.69, 9.17) is 9.47 Å². The third-order valence-electron chi connectivity index (χ3n) is 5.27. The number of fused-ring (bicyclic) bond motifs is 2. The van der Waals surface area contributed by atoms with Crippen molar-refractivity contribution < 1.29 is 37.3 Å². The molecule has 2 amide bonds. The summed E-state index contributed by atoms with van der Waals surface area (Å²) in [6.07, 6.45) is -5.78. The molecular weight excluding hydrogens is 403 g/mol. The van der Waals surface area contributed by atoms with Gasteiger partial charge in [0, 0.05) is 12.0 Å². The van der Waals surface area contributed by atoms with Gasteiger partial charge in [-0.25, -0.2) is 9.69 Å². The van der Waals surface area contributed by atoms with E-state index in [-0.39, 0.29) is 12.3 Å². The molecule has 0 aromatic heterocycles. The van der Waals surface area contributed by atoms with Gasteiger partial charge in [-0.15, -0.1) is 0 Å². The number of aliphatic hydroxyl groups excluding tert-OH is 1. The van der Waals surface area contributed by atoms with Gasteiger partial charge in [0.15, 0.2) is 0 Å². The Balaban J connectivity index is 1.42. The summed E-state index contributed by atoms with van der Waals surface area (Å²) in [6, 6.07) is 11.4. The third-order valence-corrected chi connectivity index (χ3v) is 5.27. The highest BCUT2D eigenvalue weighted by atomic mass is 19.4. The molecular formula is C21H18F3NO5. The zero-order valence-corrected chi connectivity index (χ0v) is 15.7. The fraction of sp³-hybridized carbons (Fsp3) is 0.333. The van der Waals surface area contributed by atoms with Crippen molar-refractivity contribution in [3.05, 3.63) is 65.2 Å². The van der Waals surface area contributed by atoms with Crippen LogP contribution in [0.1, 0.15) is 23.1 Å². The SMILES string of the molecule is O=C1O[C@]2(CCc3ccccc32)C(=O)N1C[C@H](O)COc1cccc(C(F)(F)F)c1. The van der Waals surface area contributed by atoms with Gasteiger partial charge in [0.1, 0.15) is 18.5 Å². The average molecular weight is 421 g/mol. The first-order valence-electron chi connectivity index (χ1n) is 9.32. The minimum Gasteiger partial charge on any atom is -0.491 e. The van der Waals surface area contributed by atoms with E-state index in [2.05, 4.69) is 0 Å². The number of aryl methyl sites for hydroxylation is 1. The minimum atomic E-state index is -4.52. The lowest BCUT2D eigenvalue weighted by molar-refractivity contribution is -0.139. The fourth-order valence-electron chi connectivity index (χ4n) is 3.83. The van der Waals surface area contributed by atoms with E-state index in [0.29, 0.717) is 18.4 Å². The Bertz CT molecular complexity index is 993. The zero-order chi connectivity index (χ0) is 21.5. The summed E-state index contributed by atoms with van der Waals surface area (Å²) in [5, 5.41) is 10.2. The van der Waals surface area contributed by atoms with Crippen molar-refractivity contribution in [2.45, 2.75) is 30.7 Å². The highest BCUT2D eigenvalue weighted by molar-refractivity contribution is 6.04. The molecule has 158 valence electrons. The molecule has 0 unspecified atom stereocenters. The number of carbonyl (C=O) groups is 2. The maximum absolute atomic E-state index is 13.0. The second-order valence-electron chi connectivity index (χ2n) is 7.26. The Kier molecular flexibility index (Phi) is 4.93. The molecule has 1 N–H and O–H groups in total. The molecule has 2 aliphatic rings. The first-order valence-corrected chi connectivity index (χ1v) is 9.32. The second kappa shape index (κ2) is 7.32. The maximum Gasteiger partial charge on any atom is 0.418 e. The summed E-state index contributed by atoms with van der Waals surface area (Å²) in [5.41, 5.74) is -0.695. The third kappa shape index (κ3) is 3.49. The monoisotopic (exact) mass is 421 g/mol. The van der Waals surface area contributed by atoms with E-state index < -0.39 is 42.1 Å². The van der Waals surface area contributed by atoms with Crippen LogP contribution in [0.15, 0.2) is 48.5 Å². The van der Waals surface area contributed by atoms with E-state index in [1.54, 1.807) is 12.1 Å². The number of hydrogen-bond donors (Lipinski definition) is 1. The van der Waals surface area contributed by atoms with Crippen LogP contribution in [0.5, 0.6) is 5.75 Å². The maximum atomic E-state index is 13.0. The van der Waals surface area contributed by atoms with Crippen LogP contribution in [0, 0.1) is 0 Å². The molecule has 6 nitrogen and oxygen atoms in total. The van der Waals surface area contributed by atoms with Gasteiger partial charge in [0.05, 0.1) is 12.1 Å². The lowest BCUT2D eigenvalue weighted by Crippen LogP contribution is -2.42. The number of carbonyl (C=O) groups excluding carboxylic acids is 2. The van der Waals surface area contributed by atoms with Crippen molar-refractivity contribution >= 4 is 12.0 Å². The first kappa shape index (κ1) is 20.2. The van der Waals surface area contributed by atoms with Crippen molar-refractivity contribution in [2.75, 3.05) is 13.2 Å². The fourth-order valence-corrected chi connectivity index (χ4v) is 3.83. The Labute approximate surface area is 169 Å². The van der Waals surface area contributed by atoms with Gasteiger partial charge in [0.25, 0.3) is 5.91 Å². The van der Waals surface area contributed by atoms with Gasteiger partial charge in [-0.1, -0.05) is 30.3 Å². The van der Waals surface area contributed by atoms with Gasteiger partial charge in [-0.05, 0) is 30.2 Å². The molecule has 1 aliphatic heterocycles. The highest BCUT2D eigenvalue weighted by Gasteiger charge is 2.58. The molecule has 1 saturated heterocycles. The Hall–Kier alpha value is -3.07. The van der Waals surface area contributed by atoms with E-state index >= 15 is 0 Å². The molecule has 2 atom stereocenters. The lowest BCUT2D eigenvalue weighted by atomic mass is 9.95. The van der Waals surface area contributed by atoms with Crippen LogP contribution in [0.25, 0.3) is 0 Å². The normalized spacial score (nSPS) is 21.7. The number of ether oxygens (including phenoxy) is 2. The number of alkyl halides is 3. The Morgan fingerprint density at radius 1 is 1.17 bits per heavy atom. The molecule has 2 aromatic carbocycles. The molecule has 0 bridgehead atoms. The van der Waals surface area contributed by atoms with Crippen LogP contribution in [-0.2, 0) is 27.7 Å². The zero-order valence-electron chi connectivity index (χ0n) is 15.7. The molecule has 9 heteroatoms. The van der Waals surface area contributed by atoms with Crippen LogP contribution in [0.2, 0.25) is 0 Å². The van der Waals surface area contributed by atoms with Crippen molar-refractivity contribution in [3.63, 3.8) is 0 Å². The highest BCUT2D eigenvalue weighted by Crippen LogP contribution is 2.45. The number of benzene rings is 2. The van der Waals surface area contributed by atoms with E-state index in [0.717, 1.165) is 22.6 Å². The summed E-state index contributed by atoms with van der Waals surface area (Å²) < 4.78 is 49.0. The van der Waals surface area contributed by atoms with Crippen molar-refractivity contribution in [2.24, 2.45) is 0 Å². The second-order valence-corrected chi connectivity index (χ2v) is 7.26. The molecule has 0 radical (unpaired) electrons. The van der Waals surface area contributed by atoms with Gasteiger partial charge in [0.2, 0.25) is 5.60 Å². The first-order chi connectivity index (χ1) is 14.2. The van der Waals surface area contributed by atoms with Gasteiger partial charge in [-0.2, -0.15) is 13.2 Å². The number of β-amino-alcohol motifs (C(OH)–C–C–N with tert-alkyl or cyclic N) is 1. The van der Waals surface area contributed by atoms with E-state index in [1.807, 2.05) is 12.1 Å². The van der Waals surface area contributed by atoms with Crippen molar-refractivity contribution in [1.82, 2.24) is 4.90 Å². The van der Waals surface area contributed by atoms with E-state index in [9.17, 15) is 27.9 Å². The minimum absolute atomic E-state index is 0.0830. The predicted molar refractivity (Wildman–Crippen MR) is 97.6 cm³/mol. The molecule has 1 aliphatic carbocycles. The summed E-state index contributed by atoms with van der Waals surface area (Å²) in [6.45, 7) is -0.789.